The number of methoxy groups -OCH3 is 1. The Balaban J connectivity index is 1.37. The van der Waals surface area contributed by atoms with Crippen LogP contribution in [0.2, 0.25) is 0 Å². The number of nitrogens with zero attached hydrogens (tertiary/aromatic N) is 1. The lowest BCUT2D eigenvalue weighted by Gasteiger charge is -2.10. The van der Waals surface area contributed by atoms with Crippen molar-refractivity contribution in [2.24, 2.45) is 0 Å². The van der Waals surface area contributed by atoms with E-state index < -0.39 is 0 Å². The number of hydrogen-bond acceptors (Lipinski definition) is 6. The second-order valence-electron chi connectivity index (χ2n) is 6.44. The van der Waals surface area contributed by atoms with Crippen molar-refractivity contribution in [3.05, 3.63) is 71.9 Å². The number of fused-ring (bicyclic) bond motifs is 1. The molecule has 148 valence electrons. The fraction of sp³-hybridized carbons (Fsp3) is 0.182. The SMILES string of the molecule is COc1ccccc1CCNC(=O)c1ccnc(Nc2ccc3c(c2)OCO3)c1. The fourth-order valence-electron chi connectivity index (χ4n) is 3.08. The Labute approximate surface area is 168 Å². The van der Waals surface area contributed by atoms with Crippen LogP contribution in [0, 0.1) is 0 Å². The van der Waals surface area contributed by atoms with E-state index in [1.54, 1.807) is 25.4 Å². The number of hydrogen-bond donors (Lipinski definition) is 2. The third-order valence-corrected chi connectivity index (χ3v) is 4.54. The predicted molar refractivity (Wildman–Crippen MR) is 109 cm³/mol. The molecule has 0 spiro atoms. The number of amides is 1. The maximum Gasteiger partial charge on any atom is 0.251 e. The Morgan fingerprint density at radius 1 is 1.10 bits per heavy atom. The van der Waals surface area contributed by atoms with Crippen molar-refractivity contribution in [3.63, 3.8) is 0 Å². The normalized spacial score (nSPS) is 11.8. The summed E-state index contributed by atoms with van der Waals surface area (Å²) in [5, 5.41) is 6.12. The minimum Gasteiger partial charge on any atom is -0.496 e. The molecule has 0 saturated carbocycles. The van der Waals surface area contributed by atoms with Gasteiger partial charge < -0.3 is 24.8 Å². The van der Waals surface area contributed by atoms with Gasteiger partial charge in [-0.05, 0) is 42.3 Å². The van der Waals surface area contributed by atoms with Crippen molar-refractivity contribution in [1.29, 1.82) is 0 Å². The molecule has 1 aliphatic rings. The zero-order valence-electron chi connectivity index (χ0n) is 16.0. The van der Waals surface area contributed by atoms with Gasteiger partial charge in [-0.1, -0.05) is 18.2 Å². The van der Waals surface area contributed by atoms with Crippen LogP contribution in [0.3, 0.4) is 0 Å². The molecule has 7 heteroatoms. The van der Waals surface area contributed by atoms with Gasteiger partial charge in [-0.15, -0.1) is 0 Å². The summed E-state index contributed by atoms with van der Waals surface area (Å²) in [6, 6.07) is 16.7. The molecular weight excluding hydrogens is 370 g/mol. The fourth-order valence-corrected chi connectivity index (χ4v) is 3.08. The van der Waals surface area contributed by atoms with Gasteiger partial charge in [0.25, 0.3) is 5.91 Å². The number of pyridine rings is 1. The lowest BCUT2D eigenvalue weighted by Crippen LogP contribution is -2.25. The van der Waals surface area contributed by atoms with Crippen LogP contribution in [0.5, 0.6) is 17.2 Å². The van der Waals surface area contributed by atoms with Gasteiger partial charge in [0.05, 0.1) is 7.11 Å². The van der Waals surface area contributed by atoms with Gasteiger partial charge in [-0.2, -0.15) is 0 Å². The van der Waals surface area contributed by atoms with E-state index in [-0.39, 0.29) is 12.7 Å². The maximum absolute atomic E-state index is 12.5. The van der Waals surface area contributed by atoms with E-state index in [2.05, 4.69) is 15.6 Å². The molecule has 0 bridgehead atoms. The molecule has 2 aromatic carbocycles. The highest BCUT2D eigenvalue weighted by Gasteiger charge is 2.14. The molecular formula is C22H21N3O4. The van der Waals surface area contributed by atoms with Crippen LogP contribution in [0.4, 0.5) is 11.5 Å². The Bertz CT molecular complexity index is 1020. The first kappa shape index (κ1) is 18.6. The van der Waals surface area contributed by atoms with Crippen LogP contribution >= 0.6 is 0 Å². The Morgan fingerprint density at radius 2 is 1.97 bits per heavy atom. The molecule has 1 amide bonds. The van der Waals surface area contributed by atoms with E-state index in [4.69, 9.17) is 14.2 Å². The molecule has 3 aromatic rings. The van der Waals surface area contributed by atoms with Gasteiger partial charge >= 0.3 is 0 Å². The van der Waals surface area contributed by atoms with Crippen molar-refractivity contribution >= 4 is 17.4 Å². The predicted octanol–water partition coefficient (Wildman–Crippen LogP) is 3.54. The minimum absolute atomic E-state index is 0.156. The van der Waals surface area contributed by atoms with Gasteiger partial charge in [0, 0.05) is 30.1 Å². The Morgan fingerprint density at radius 3 is 2.86 bits per heavy atom. The largest absolute Gasteiger partial charge is 0.496 e. The smallest absolute Gasteiger partial charge is 0.251 e. The first-order valence-corrected chi connectivity index (χ1v) is 9.26. The number of carbonyl (C=O) groups excluding carboxylic acids is 1. The molecule has 0 unspecified atom stereocenters. The number of rotatable bonds is 7. The second-order valence-corrected chi connectivity index (χ2v) is 6.44. The van der Waals surface area contributed by atoms with Crippen molar-refractivity contribution in [1.82, 2.24) is 10.3 Å². The van der Waals surface area contributed by atoms with Crippen LogP contribution in [0.1, 0.15) is 15.9 Å². The standard InChI is InChI=1S/C22H21N3O4/c1-27-18-5-3-2-4-15(18)8-11-24-22(26)16-9-10-23-21(12-16)25-17-6-7-19-20(13-17)29-14-28-19/h2-7,9-10,12-13H,8,11,14H2,1H3,(H,23,25)(H,24,26). The molecule has 7 nitrogen and oxygen atoms in total. The van der Waals surface area contributed by atoms with E-state index in [9.17, 15) is 4.79 Å². The summed E-state index contributed by atoms with van der Waals surface area (Å²) in [7, 11) is 1.64. The summed E-state index contributed by atoms with van der Waals surface area (Å²) in [5.41, 5.74) is 2.38. The molecule has 0 radical (unpaired) electrons. The molecule has 0 fully saturated rings. The lowest BCUT2D eigenvalue weighted by atomic mass is 10.1. The summed E-state index contributed by atoms with van der Waals surface area (Å²) in [4.78, 5) is 16.8. The van der Waals surface area contributed by atoms with Gasteiger partial charge in [-0.25, -0.2) is 4.98 Å². The Hall–Kier alpha value is -3.74. The molecule has 1 aromatic heterocycles. The van der Waals surface area contributed by atoms with Gasteiger partial charge in [0.15, 0.2) is 11.5 Å². The van der Waals surface area contributed by atoms with Crippen LogP contribution in [0.15, 0.2) is 60.8 Å². The molecule has 1 aliphatic heterocycles. The summed E-state index contributed by atoms with van der Waals surface area (Å²) in [6.45, 7) is 0.730. The van der Waals surface area contributed by atoms with Crippen LogP contribution < -0.4 is 24.8 Å². The molecule has 2 N–H and O–H groups in total. The summed E-state index contributed by atoms with van der Waals surface area (Å²) in [6.07, 6.45) is 2.29. The number of carbonyl (C=O) groups is 1. The third kappa shape index (κ3) is 4.40. The first-order chi connectivity index (χ1) is 14.2. The quantitative estimate of drug-likeness (QED) is 0.641. The lowest BCUT2D eigenvalue weighted by molar-refractivity contribution is 0.0954. The molecule has 2 heterocycles. The molecule has 0 saturated heterocycles. The van der Waals surface area contributed by atoms with Gasteiger partial charge in [0.1, 0.15) is 11.6 Å². The summed E-state index contributed by atoms with van der Waals surface area (Å²) < 4.78 is 16.0. The zero-order valence-corrected chi connectivity index (χ0v) is 16.0. The number of anilines is 2. The van der Waals surface area contributed by atoms with E-state index in [1.165, 1.54) is 0 Å². The molecule has 4 rings (SSSR count). The average molecular weight is 391 g/mol. The number of benzene rings is 2. The highest BCUT2D eigenvalue weighted by Crippen LogP contribution is 2.34. The van der Waals surface area contributed by atoms with Gasteiger partial charge in [-0.3, -0.25) is 4.79 Å². The number of nitrogens with one attached hydrogen (secondary N) is 2. The maximum atomic E-state index is 12.5. The monoisotopic (exact) mass is 391 g/mol. The van der Waals surface area contributed by atoms with E-state index >= 15 is 0 Å². The number of para-hydroxylation sites is 1. The number of aromatic nitrogens is 1. The van der Waals surface area contributed by atoms with Crippen LogP contribution in [-0.4, -0.2) is 31.3 Å². The van der Waals surface area contributed by atoms with Crippen molar-refractivity contribution < 1.29 is 19.0 Å². The van der Waals surface area contributed by atoms with Crippen LogP contribution in [-0.2, 0) is 6.42 Å². The topological polar surface area (TPSA) is 81.7 Å². The number of ether oxygens (including phenoxy) is 3. The molecule has 0 atom stereocenters. The summed E-state index contributed by atoms with van der Waals surface area (Å²) >= 11 is 0. The van der Waals surface area contributed by atoms with Crippen molar-refractivity contribution in [2.75, 3.05) is 25.8 Å². The Kier molecular flexibility index (Phi) is 5.47. The zero-order chi connectivity index (χ0) is 20.1. The molecule has 0 aliphatic carbocycles. The van der Waals surface area contributed by atoms with Crippen molar-refractivity contribution in [2.45, 2.75) is 6.42 Å². The highest BCUT2D eigenvalue weighted by molar-refractivity contribution is 5.94. The third-order valence-electron chi connectivity index (χ3n) is 4.54. The van der Waals surface area contributed by atoms with Crippen molar-refractivity contribution in [3.8, 4) is 17.2 Å². The average Bonchev–Trinajstić information content (AvgIpc) is 3.22. The second kappa shape index (κ2) is 8.52. The van der Waals surface area contributed by atoms with Gasteiger partial charge in [0.2, 0.25) is 6.79 Å². The summed E-state index contributed by atoms with van der Waals surface area (Å²) in [5.74, 6) is 2.63. The van der Waals surface area contributed by atoms with E-state index in [0.29, 0.717) is 35.8 Å². The van der Waals surface area contributed by atoms with Crippen LogP contribution in [0.25, 0.3) is 0 Å². The minimum atomic E-state index is -0.156. The first-order valence-electron chi connectivity index (χ1n) is 9.26. The van der Waals surface area contributed by atoms with E-state index in [0.717, 1.165) is 17.0 Å². The highest BCUT2D eigenvalue weighted by atomic mass is 16.7. The molecule has 29 heavy (non-hydrogen) atoms. The van der Waals surface area contributed by atoms with E-state index in [1.807, 2.05) is 42.5 Å².